The Labute approximate surface area is 290 Å². The average molecular weight is 700 g/mol. The lowest BCUT2D eigenvalue weighted by Gasteiger charge is -2.34. The summed E-state index contributed by atoms with van der Waals surface area (Å²) in [4.78, 5) is 48.3. The van der Waals surface area contributed by atoms with E-state index in [-0.39, 0.29) is 24.0 Å². The lowest BCUT2D eigenvalue weighted by atomic mass is 10.1. The maximum absolute atomic E-state index is 12.4. The highest BCUT2D eigenvalue weighted by Crippen LogP contribution is 2.27. The molecule has 8 N–H and O–H groups in total. The van der Waals surface area contributed by atoms with Gasteiger partial charge in [-0.15, -0.1) is 11.8 Å². The Balaban J connectivity index is 1.25. The molecule has 15 nitrogen and oxygen atoms in total. The number of unbranched alkanes of at least 4 members (excludes halogenated alkanes) is 2. The number of amides is 1. The maximum atomic E-state index is 12.4. The van der Waals surface area contributed by atoms with Crippen LogP contribution < -0.4 is 26.8 Å². The molecule has 0 radical (unpaired) electrons. The molecule has 2 aromatic heterocycles. The number of nitrogens with two attached hydrogens (primary N) is 2. The summed E-state index contributed by atoms with van der Waals surface area (Å²) in [6, 6.07) is 7.12. The number of carboxylic acid groups (broad SMARTS) is 2. The minimum absolute atomic E-state index is 0.0872. The normalized spacial score (nSPS) is 15.2. The van der Waals surface area contributed by atoms with Crippen molar-refractivity contribution in [3.63, 3.8) is 0 Å². The van der Waals surface area contributed by atoms with Crippen molar-refractivity contribution in [1.29, 1.82) is 0 Å². The fraction of sp³-hybridized carbons (Fsp3) is 0.545. The van der Waals surface area contributed by atoms with E-state index in [2.05, 4.69) is 60.1 Å². The van der Waals surface area contributed by atoms with E-state index in [1.165, 1.54) is 0 Å². The average Bonchev–Trinajstić information content (AvgIpc) is 3.48. The fourth-order valence-electron chi connectivity index (χ4n) is 5.69. The van der Waals surface area contributed by atoms with Gasteiger partial charge in [0.05, 0.1) is 19.2 Å². The molecule has 0 aliphatic carbocycles. The van der Waals surface area contributed by atoms with Crippen molar-refractivity contribution in [2.75, 3.05) is 69.7 Å². The van der Waals surface area contributed by atoms with Gasteiger partial charge in [0.1, 0.15) is 22.6 Å². The van der Waals surface area contributed by atoms with E-state index < -0.39 is 23.2 Å². The van der Waals surface area contributed by atoms with Crippen LogP contribution in [0.25, 0.3) is 11.0 Å². The number of nitrogen functional groups attached to an aromatic ring is 1. The van der Waals surface area contributed by atoms with Crippen molar-refractivity contribution in [3.05, 3.63) is 41.6 Å². The summed E-state index contributed by atoms with van der Waals surface area (Å²) < 4.78 is 7.95. The maximum Gasteiger partial charge on any atom is 0.321 e. The van der Waals surface area contributed by atoms with Gasteiger partial charge in [-0.2, -0.15) is 4.98 Å². The first-order chi connectivity index (χ1) is 23.6. The monoisotopic (exact) mass is 699 g/mol. The molecule has 0 spiro atoms. The largest absolute Gasteiger partial charge is 0.496 e. The number of carbonyl (C=O) groups is 3. The van der Waals surface area contributed by atoms with Crippen molar-refractivity contribution < 1.29 is 29.3 Å². The van der Waals surface area contributed by atoms with Crippen LogP contribution in [0, 0.1) is 0 Å². The molecule has 0 saturated carbocycles. The number of carboxylic acids is 2. The first-order valence-electron chi connectivity index (χ1n) is 16.6. The minimum Gasteiger partial charge on any atom is -0.496 e. The number of aromatic nitrogens is 3. The quantitative estimate of drug-likeness (QED) is 0.0930. The summed E-state index contributed by atoms with van der Waals surface area (Å²) in [5, 5.41) is 23.5. The number of rotatable bonds is 20. The van der Waals surface area contributed by atoms with Crippen molar-refractivity contribution in [1.82, 2.24) is 29.7 Å². The second-order valence-corrected chi connectivity index (χ2v) is 13.4. The molecule has 3 heterocycles. The Kier molecular flexibility index (Phi) is 14.3. The van der Waals surface area contributed by atoms with Crippen LogP contribution in [0.4, 0.5) is 11.8 Å². The predicted molar refractivity (Wildman–Crippen MR) is 191 cm³/mol. The smallest absolute Gasteiger partial charge is 0.321 e. The van der Waals surface area contributed by atoms with E-state index in [0.717, 1.165) is 104 Å². The highest BCUT2D eigenvalue weighted by atomic mass is 32.2. The zero-order chi connectivity index (χ0) is 35.3. The molecule has 1 aliphatic heterocycles. The number of piperazine rings is 1. The number of aliphatic carboxylic acids is 2. The third kappa shape index (κ3) is 11.2. The van der Waals surface area contributed by atoms with Gasteiger partial charge in [0.15, 0.2) is 5.82 Å². The van der Waals surface area contributed by atoms with Crippen molar-refractivity contribution in [2.24, 2.45) is 5.73 Å². The number of benzene rings is 1. The van der Waals surface area contributed by atoms with Crippen molar-refractivity contribution in [3.8, 4) is 5.75 Å². The summed E-state index contributed by atoms with van der Waals surface area (Å²) in [6.45, 7) is 8.84. The fourth-order valence-corrected chi connectivity index (χ4v) is 6.69. The summed E-state index contributed by atoms with van der Waals surface area (Å²) in [5.41, 5.74) is 15.4. The standard InChI is InChI=1S/C33H49N9O6S/c1-3-4-5-9-37-30-29-25(38-33(35)39-30)8-11-42(29)20-23-7-6-22(17-26(23)48-2)19-41-15-13-40(14-16-41)12-10-36-28(43)18-27(32(46)47)49-21-24(34)31(44)45/h6-8,11,17,24,27H,3-5,9-10,12-16,18-21,34H2,1-2H3,(H,36,43)(H,44,45)(H,46,47)(H3,35,37,38,39)/t24-,27+/m0/s1. The van der Waals surface area contributed by atoms with E-state index in [4.69, 9.17) is 21.3 Å². The zero-order valence-corrected chi connectivity index (χ0v) is 29.1. The third-order valence-corrected chi connectivity index (χ3v) is 9.78. The van der Waals surface area contributed by atoms with Crippen LogP contribution in [-0.2, 0) is 27.5 Å². The van der Waals surface area contributed by atoms with E-state index in [1.54, 1.807) is 7.11 Å². The van der Waals surface area contributed by atoms with Gasteiger partial charge >= 0.3 is 11.9 Å². The highest BCUT2D eigenvalue weighted by Gasteiger charge is 2.25. The highest BCUT2D eigenvalue weighted by molar-refractivity contribution is 8.00. The summed E-state index contributed by atoms with van der Waals surface area (Å²) in [5.74, 6) is -1.05. The van der Waals surface area contributed by atoms with Crippen LogP contribution in [0.1, 0.15) is 43.7 Å². The number of thioether (sulfide) groups is 1. The van der Waals surface area contributed by atoms with Crippen molar-refractivity contribution in [2.45, 2.75) is 57.0 Å². The number of methoxy groups -OCH3 is 1. The Bertz CT molecular complexity index is 1560. The van der Waals surface area contributed by atoms with Gasteiger partial charge in [0, 0.05) is 76.3 Å². The Morgan fingerprint density at radius 1 is 1.02 bits per heavy atom. The molecule has 1 aromatic carbocycles. The minimum atomic E-state index is -1.21. The summed E-state index contributed by atoms with van der Waals surface area (Å²) >= 11 is 0.863. The van der Waals surface area contributed by atoms with E-state index >= 15 is 0 Å². The zero-order valence-electron chi connectivity index (χ0n) is 28.3. The molecule has 1 amide bonds. The van der Waals surface area contributed by atoms with Gasteiger partial charge in [0.25, 0.3) is 0 Å². The summed E-state index contributed by atoms with van der Waals surface area (Å²) in [6.07, 6.45) is 5.10. The van der Waals surface area contributed by atoms with Crippen molar-refractivity contribution >= 4 is 52.4 Å². The molecule has 4 rings (SSSR count). The molecule has 16 heteroatoms. The SMILES string of the molecule is CCCCCNc1nc(N)nc2ccn(Cc3ccc(CN4CCN(CCNC(=O)C[C@@H](SC[C@H](N)C(=O)O)C(=O)O)CC4)cc3OC)c12. The second-order valence-electron chi connectivity index (χ2n) is 12.2. The molecule has 0 bridgehead atoms. The molecule has 268 valence electrons. The van der Waals surface area contributed by atoms with Gasteiger partial charge in [-0.1, -0.05) is 31.9 Å². The van der Waals surface area contributed by atoms with E-state index in [9.17, 15) is 19.5 Å². The van der Waals surface area contributed by atoms with Gasteiger partial charge < -0.3 is 41.6 Å². The van der Waals surface area contributed by atoms with Crippen LogP contribution >= 0.6 is 11.8 Å². The van der Waals surface area contributed by atoms with E-state index in [0.29, 0.717) is 19.6 Å². The molecule has 1 fully saturated rings. The number of anilines is 2. The van der Waals surface area contributed by atoms with Crippen LogP contribution in [0.15, 0.2) is 30.5 Å². The first kappa shape index (κ1) is 37.7. The van der Waals surface area contributed by atoms with Gasteiger partial charge in [-0.3, -0.25) is 24.2 Å². The molecule has 2 atom stereocenters. The van der Waals surface area contributed by atoms with Crippen LogP contribution in [0.3, 0.4) is 0 Å². The predicted octanol–water partition coefficient (Wildman–Crippen LogP) is 1.89. The molecule has 1 aliphatic rings. The Hall–Kier alpha value is -4.12. The second kappa shape index (κ2) is 18.6. The molecule has 1 saturated heterocycles. The van der Waals surface area contributed by atoms with Crippen LogP contribution in [-0.4, -0.2) is 122 Å². The van der Waals surface area contributed by atoms with Gasteiger partial charge in [0.2, 0.25) is 11.9 Å². The summed E-state index contributed by atoms with van der Waals surface area (Å²) in [7, 11) is 1.69. The number of hydrogen-bond acceptors (Lipinski definition) is 12. The lowest BCUT2D eigenvalue weighted by molar-refractivity contribution is -0.139. The van der Waals surface area contributed by atoms with Crippen LogP contribution in [0.2, 0.25) is 0 Å². The molecule has 49 heavy (non-hydrogen) atoms. The Morgan fingerprint density at radius 2 is 1.78 bits per heavy atom. The molecular weight excluding hydrogens is 650 g/mol. The number of nitrogens with zero attached hydrogens (tertiary/aromatic N) is 5. The van der Waals surface area contributed by atoms with Gasteiger partial charge in [-0.05, 0) is 24.1 Å². The Morgan fingerprint density at radius 3 is 2.47 bits per heavy atom. The first-order valence-corrected chi connectivity index (χ1v) is 17.7. The topological polar surface area (TPSA) is 214 Å². The third-order valence-electron chi connectivity index (χ3n) is 8.45. The number of hydrogen-bond donors (Lipinski definition) is 6. The number of carbonyl (C=O) groups excluding carboxylic acids is 1. The number of fused-ring (bicyclic) bond motifs is 1. The molecule has 0 unspecified atom stereocenters. The van der Waals surface area contributed by atoms with Crippen LogP contribution in [0.5, 0.6) is 5.75 Å². The molecule has 3 aromatic rings. The molecular formula is C33H49N9O6S. The number of nitrogens with one attached hydrogen (secondary N) is 2. The number of ether oxygens (including phenoxy) is 1. The lowest BCUT2D eigenvalue weighted by Crippen LogP contribution is -2.48. The van der Waals surface area contributed by atoms with Gasteiger partial charge in [-0.25, -0.2) is 4.98 Å². The van der Waals surface area contributed by atoms with E-state index in [1.807, 2.05) is 12.3 Å².